The van der Waals surface area contributed by atoms with Gasteiger partial charge in [0.05, 0.1) is 4.90 Å². The summed E-state index contributed by atoms with van der Waals surface area (Å²) in [6.45, 7) is 1.57. The minimum Gasteiger partial charge on any atom is -0.369 e. The maximum Gasteiger partial charge on any atom is 0.501 e. The molecule has 0 spiro atoms. The Balaban J connectivity index is 2.98. The Morgan fingerprint density at radius 3 is 2.11 bits per heavy atom. The Hall–Kier alpha value is -1.57. The van der Waals surface area contributed by atoms with Gasteiger partial charge in [-0.05, 0) is 24.1 Å². The van der Waals surface area contributed by atoms with Gasteiger partial charge in [0.15, 0.2) is 0 Å². The summed E-state index contributed by atoms with van der Waals surface area (Å²) in [5, 5.41) is 0. The zero-order valence-electron chi connectivity index (χ0n) is 9.94. The highest BCUT2D eigenvalue weighted by atomic mass is 32.2. The van der Waals surface area contributed by atoms with E-state index >= 15 is 0 Å². The Morgan fingerprint density at radius 1 is 1.26 bits per heavy atom. The van der Waals surface area contributed by atoms with Gasteiger partial charge in [0.25, 0.3) is 9.84 Å². The van der Waals surface area contributed by atoms with Crippen molar-refractivity contribution in [3.8, 4) is 0 Å². The van der Waals surface area contributed by atoms with Crippen LogP contribution in [0.4, 0.5) is 13.2 Å². The van der Waals surface area contributed by atoms with Gasteiger partial charge >= 0.3 is 5.51 Å². The lowest BCUT2D eigenvalue weighted by Gasteiger charge is -2.10. The van der Waals surface area contributed by atoms with E-state index in [1.54, 1.807) is 6.92 Å². The van der Waals surface area contributed by atoms with Gasteiger partial charge in [-0.15, -0.1) is 0 Å². The Labute approximate surface area is 108 Å². The third-order valence-corrected chi connectivity index (χ3v) is 4.07. The van der Waals surface area contributed by atoms with Gasteiger partial charge in [0.1, 0.15) is 0 Å². The smallest absolute Gasteiger partial charge is 0.369 e. The van der Waals surface area contributed by atoms with Gasteiger partial charge in [-0.3, -0.25) is 4.79 Å². The summed E-state index contributed by atoms with van der Waals surface area (Å²) in [6, 6.07) is 4.20. The van der Waals surface area contributed by atoms with Crippen LogP contribution in [0.15, 0.2) is 29.2 Å². The molecular weight excluding hydrogens is 283 g/mol. The highest BCUT2D eigenvalue weighted by molar-refractivity contribution is 7.92. The van der Waals surface area contributed by atoms with Crippen molar-refractivity contribution in [1.29, 1.82) is 0 Å². The second-order valence-corrected chi connectivity index (χ2v) is 6.04. The number of hydrogen-bond donors (Lipinski definition) is 1. The minimum atomic E-state index is -5.33. The molecule has 19 heavy (non-hydrogen) atoms. The molecular formula is C11H12F3NO3S. The highest BCUT2D eigenvalue weighted by Crippen LogP contribution is 2.30. The molecule has 2 N–H and O–H groups in total. The van der Waals surface area contributed by atoms with E-state index in [0.717, 1.165) is 12.1 Å². The Kier molecular flexibility index (Phi) is 4.24. The molecule has 0 heterocycles. The summed E-state index contributed by atoms with van der Waals surface area (Å²) in [5.41, 5.74) is 0.267. The van der Waals surface area contributed by atoms with E-state index in [1.165, 1.54) is 12.1 Å². The number of carbonyl (C=O) groups excluding carboxylic acids is 1. The molecule has 0 aliphatic heterocycles. The zero-order valence-corrected chi connectivity index (χ0v) is 10.8. The van der Waals surface area contributed by atoms with Gasteiger partial charge in [-0.1, -0.05) is 19.1 Å². The fourth-order valence-corrected chi connectivity index (χ4v) is 2.15. The molecule has 0 bridgehead atoms. The van der Waals surface area contributed by atoms with E-state index in [-0.39, 0.29) is 6.42 Å². The second kappa shape index (κ2) is 5.20. The maximum atomic E-state index is 12.3. The maximum absolute atomic E-state index is 12.3. The third-order valence-electron chi connectivity index (χ3n) is 2.57. The van der Waals surface area contributed by atoms with Gasteiger partial charge in [-0.25, -0.2) is 8.42 Å². The molecule has 1 amide bonds. The highest BCUT2D eigenvalue weighted by Gasteiger charge is 2.46. The van der Waals surface area contributed by atoms with Crippen molar-refractivity contribution in [1.82, 2.24) is 0 Å². The molecule has 1 rings (SSSR count). The number of halogens is 3. The first kappa shape index (κ1) is 15.5. The number of primary amides is 1. The number of hydrogen-bond acceptors (Lipinski definition) is 3. The van der Waals surface area contributed by atoms with E-state index in [0.29, 0.717) is 5.56 Å². The molecule has 0 aromatic heterocycles. The van der Waals surface area contributed by atoms with Gasteiger partial charge in [0.2, 0.25) is 5.91 Å². The van der Waals surface area contributed by atoms with E-state index in [1.807, 2.05) is 0 Å². The Morgan fingerprint density at radius 2 is 1.74 bits per heavy atom. The normalized spacial score (nSPS) is 14.1. The number of amides is 1. The fraction of sp³-hybridized carbons (Fsp3) is 0.364. The number of nitrogens with two attached hydrogens (primary N) is 1. The number of alkyl halides is 3. The zero-order chi connectivity index (χ0) is 14.8. The average molecular weight is 295 g/mol. The first-order chi connectivity index (χ1) is 8.55. The predicted molar refractivity (Wildman–Crippen MR) is 61.7 cm³/mol. The van der Waals surface area contributed by atoms with Crippen molar-refractivity contribution in [3.63, 3.8) is 0 Å². The van der Waals surface area contributed by atoms with Crippen molar-refractivity contribution in [3.05, 3.63) is 29.8 Å². The van der Waals surface area contributed by atoms with E-state index in [2.05, 4.69) is 0 Å². The van der Waals surface area contributed by atoms with Crippen LogP contribution in [0.3, 0.4) is 0 Å². The van der Waals surface area contributed by atoms with Crippen LogP contribution in [0.2, 0.25) is 0 Å². The second-order valence-electron chi connectivity index (χ2n) is 4.10. The van der Waals surface area contributed by atoms with E-state index in [4.69, 9.17) is 5.73 Å². The SMILES string of the molecule is C[C@H](Cc1ccc(S(=O)(=O)C(F)(F)F)cc1)C(N)=O. The summed E-state index contributed by atoms with van der Waals surface area (Å²) >= 11 is 0. The molecule has 0 unspecified atom stereocenters. The lowest BCUT2D eigenvalue weighted by molar-refractivity contribution is -0.121. The standard InChI is InChI=1S/C11H12F3NO3S/c1-7(10(15)16)6-8-2-4-9(5-3-8)19(17,18)11(12,13)14/h2-5,7H,6H2,1H3,(H2,15,16)/t7-/m1/s1. The van der Waals surface area contributed by atoms with E-state index < -0.39 is 32.1 Å². The first-order valence-electron chi connectivity index (χ1n) is 5.25. The van der Waals surface area contributed by atoms with Gasteiger partial charge in [-0.2, -0.15) is 13.2 Å². The summed E-state index contributed by atoms with van der Waals surface area (Å²) in [6.07, 6.45) is 0.238. The third kappa shape index (κ3) is 3.46. The molecule has 1 aromatic rings. The molecule has 4 nitrogen and oxygen atoms in total. The molecule has 1 atom stereocenters. The number of carbonyl (C=O) groups is 1. The monoisotopic (exact) mass is 295 g/mol. The molecule has 1 aromatic carbocycles. The molecule has 106 valence electrons. The van der Waals surface area contributed by atoms with Crippen LogP contribution in [0.1, 0.15) is 12.5 Å². The number of benzene rings is 1. The lowest BCUT2D eigenvalue weighted by atomic mass is 10.0. The fourth-order valence-electron chi connectivity index (χ4n) is 1.39. The minimum absolute atomic E-state index is 0.238. The summed E-state index contributed by atoms with van der Waals surface area (Å²) in [7, 11) is -5.33. The average Bonchev–Trinajstić information content (AvgIpc) is 2.28. The largest absolute Gasteiger partial charge is 0.501 e. The van der Waals surface area contributed by atoms with Crippen molar-refractivity contribution in [2.45, 2.75) is 23.7 Å². The quantitative estimate of drug-likeness (QED) is 0.917. The molecule has 8 heteroatoms. The molecule has 0 aliphatic carbocycles. The molecule has 0 fully saturated rings. The van der Waals surface area contributed by atoms with E-state index in [9.17, 15) is 26.4 Å². The topological polar surface area (TPSA) is 77.2 Å². The van der Waals surface area contributed by atoms with Crippen LogP contribution < -0.4 is 5.73 Å². The lowest BCUT2D eigenvalue weighted by Crippen LogP contribution is -2.23. The molecule has 0 saturated carbocycles. The van der Waals surface area contributed by atoms with Gasteiger partial charge in [0, 0.05) is 5.92 Å². The van der Waals surface area contributed by atoms with Crippen LogP contribution in [-0.4, -0.2) is 19.8 Å². The summed E-state index contributed by atoms with van der Waals surface area (Å²) in [5.74, 6) is -1.02. The van der Waals surface area contributed by atoms with Crippen LogP contribution in [0.5, 0.6) is 0 Å². The van der Waals surface area contributed by atoms with Crippen LogP contribution in [-0.2, 0) is 21.1 Å². The van der Waals surface area contributed by atoms with Crippen molar-refractivity contribution >= 4 is 15.7 Å². The van der Waals surface area contributed by atoms with Crippen LogP contribution >= 0.6 is 0 Å². The van der Waals surface area contributed by atoms with Crippen LogP contribution in [0, 0.1) is 5.92 Å². The molecule has 0 aliphatic rings. The first-order valence-corrected chi connectivity index (χ1v) is 6.73. The summed E-state index contributed by atoms with van der Waals surface area (Å²) < 4.78 is 59.1. The number of sulfone groups is 1. The Bertz CT molecular complexity index is 564. The van der Waals surface area contributed by atoms with Crippen molar-refractivity contribution in [2.24, 2.45) is 11.7 Å². The summed E-state index contributed by atoms with van der Waals surface area (Å²) in [4.78, 5) is 10.0. The molecule has 0 radical (unpaired) electrons. The van der Waals surface area contributed by atoms with Crippen LogP contribution in [0.25, 0.3) is 0 Å². The van der Waals surface area contributed by atoms with Crippen molar-refractivity contribution < 1.29 is 26.4 Å². The number of rotatable bonds is 4. The predicted octanol–water partition coefficient (Wildman–Crippen LogP) is 1.64. The van der Waals surface area contributed by atoms with Gasteiger partial charge < -0.3 is 5.73 Å². The molecule has 0 saturated heterocycles. The van der Waals surface area contributed by atoms with Crippen molar-refractivity contribution in [2.75, 3.05) is 0 Å².